The van der Waals surface area contributed by atoms with E-state index in [9.17, 15) is 10.3 Å². The van der Waals surface area contributed by atoms with E-state index in [0.29, 0.717) is 17.1 Å². The molecule has 2 N–H and O–H groups in total. The molecule has 0 bridgehead atoms. The predicted octanol–water partition coefficient (Wildman–Crippen LogP) is 2.76. The molecule has 1 aromatic heterocycles. The summed E-state index contributed by atoms with van der Waals surface area (Å²) in [7, 11) is 2.06. The van der Waals surface area contributed by atoms with Crippen LogP contribution in [-0.4, -0.2) is 51.6 Å². The second kappa shape index (κ2) is 6.75. The second-order valence-electron chi connectivity index (χ2n) is 6.66. The molecule has 1 aromatic carbocycles. The maximum absolute atomic E-state index is 10.5. The highest BCUT2D eigenvalue weighted by atomic mass is 16.5. The maximum atomic E-state index is 10.5. The number of likely N-dealkylation sites (tertiary alicyclic amines) is 1. The smallest absolute Gasteiger partial charge is 0.175 e. The fraction of sp³-hybridized carbons (Fsp3) is 0.444. The van der Waals surface area contributed by atoms with Crippen LogP contribution in [0.2, 0.25) is 0 Å². The Bertz CT molecular complexity index is 735. The predicted molar refractivity (Wildman–Crippen MR) is 93.4 cm³/mol. The van der Waals surface area contributed by atoms with E-state index in [0.717, 1.165) is 37.1 Å². The summed E-state index contributed by atoms with van der Waals surface area (Å²) >= 11 is 0. The first-order valence-electron chi connectivity index (χ1n) is 8.26. The molecule has 1 saturated heterocycles. The lowest BCUT2D eigenvalue weighted by atomic mass is 10.0. The van der Waals surface area contributed by atoms with Gasteiger partial charge in [-0.25, -0.2) is 5.06 Å². The minimum Gasteiger partial charge on any atom is -0.507 e. The molecule has 0 spiro atoms. The lowest BCUT2D eigenvalue weighted by Crippen LogP contribution is -2.45. The number of rotatable bonds is 3. The molecule has 0 amide bonds. The Morgan fingerprint density at radius 3 is 2.67 bits per heavy atom. The molecule has 0 saturated carbocycles. The third kappa shape index (κ3) is 3.34. The molecule has 6 heteroatoms. The van der Waals surface area contributed by atoms with Gasteiger partial charge in [0.2, 0.25) is 0 Å². The van der Waals surface area contributed by atoms with Crippen LogP contribution in [0.3, 0.4) is 0 Å². The van der Waals surface area contributed by atoms with Crippen molar-refractivity contribution >= 4 is 5.82 Å². The molecule has 1 atom stereocenters. The van der Waals surface area contributed by atoms with Crippen molar-refractivity contribution in [2.45, 2.75) is 32.7 Å². The van der Waals surface area contributed by atoms with Gasteiger partial charge in [0.1, 0.15) is 5.75 Å². The number of hydroxylamine groups is 1. The fourth-order valence-corrected chi connectivity index (χ4v) is 3.22. The normalized spacial score (nSPS) is 18.6. The summed E-state index contributed by atoms with van der Waals surface area (Å²) in [6.45, 7) is 5.70. The summed E-state index contributed by atoms with van der Waals surface area (Å²) in [5.41, 5.74) is 3.13. The van der Waals surface area contributed by atoms with E-state index in [4.69, 9.17) is 0 Å². The van der Waals surface area contributed by atoms with Gasteiger partial charge in [0.05, 0.1) is 11.7 Å². The highest BCUT2D eigenvalue weighted by molar-refractivity contribution is 5.70. The van der Waals surface area contributed by atoms with Gasteiger partial charge >= 0.3 is 0 Å². The third-order valence-corrected chi connectivity index (χ3v) is 4.56. The molecular formula is C18H24N4O2. The standard InChI is InChI=1S/C18H24N4O2/c1-12-6-7-15(16(23)9-12)18-13(2)10-17(19-20-18)22(24)14-5-4-8-21(3)11-14/h6-7,9-10,14,23-24H,4-5,8,11H2,1-3H3. The summed E-state index contributed by atoms with van der Waals surface area (Å²) < 4.78 is 0. The van der Waals surface area contributed by atoms with Gasteiger partial charge in [-0.1, -0.05) is 6.07 Å². The average molecular weight is 328 g/mol. The number of aryl methyl sites for hydroxylation is 2. The zero-order valence-corrected chi connectivity index (χ0v) is 14.4. The van der Waals surface area contributed by atoms with Crippen LogP contribution in [0.25, 0.3) is 11.3 Å². The number of hydrogen-bond donors (Lipinski definition) is 2. The first kappa shape index (κ1) is 16.7. The summed E-state index contributed by atoms with van der Waals surface area (Å²) in [5.74, 6) is 0.637. The van der Waals surface area contributed by atoms with Crippen LogP contribution in [0, 0.1) is 13.8 Å². The van der Waals surface area contributed by atoms with E-state index in [1.165, 1.54) is 5.06 Å². The van der Waals surface area contributed by atoms with Crippen molar-refractivity contribution in [1.82, 2.24) is 15.1 Å². The summed E-state index contributed by atoms with van der Waals surface area (Å²) in [6, 6.07) is 7.32. The molecule has 24 heavy (non-hydrogen) atoms. The molecule has 128 valence electrons. The van der Waals surface area contributed by atoms with Crippen molar-refractivity contribution in [2.75, 3.05) is 25.2 Å². The van der Waals surface area contributed by atoms with Crippen molar-refractivity contribution in [1.29, 1.82) is 0 Å². The number of benzene rings is 1. The van der Waals surface area contributed by atoms with Crippen molar-refractivity contribution in [3.63, 3.8) is 0 Å². The van der Waals surface area contributed by atoms with Crippen molar-refractivity contribution < 1.29 is 10.3 Å². The highest BCUT2D eigenvalue weighted by Gasteiger charge is 2.24. The largest absolute Gasteiger partial charge is 0.507 e. The number of piperidine rings is 1. The SMILES string of the molecule is Cc1ccc(-c2nnc(N(O)C3CCCN(C)C3)cc2C)c(O)c1. The van der Waals surface area contributed by atoms with E-state index in [2.05, 4.69) is 22.1 Å². The Morgan fingerprint density at radius 1 is 1.21 bits per heavy atom. The van der Waals surface area contributed by atoms with Crippen LogP contribution in [-0.2, 0) is 0 Å². The minimum absolute atomic E-state index is 0.0241. The number of hydrogen-bond acceptors (Lipinski definition) is 6. The van der Waals surface area contributed by atoms with E-state index in [1.54, 1.807) is 6.07 Å². The number of anilines is 1. The lowest BCUT2D eigenvalue weighted by Gasteiger charge is -2.34. The van der Waals surface area contributed by atoms with Gasteiger partial charge in [-0.2, -0.15) is 0 Å². The Hall–Kier alpha value is -2.18. The van der Waals surface area contributed by atoms with E-state index in [1.807, 2.05) is 32.0 Å². The average Bonchev–Trinajstić information content (AvgIpc) is 2.55. The third-order valence-electron chi connectivity index (χ3n) is 4.56. The molecule has 0 aliphatic carbocycles. The number of likely N-dealkylation sites (N-methyl/N-ethyl adjacent to an activating group) is 1. The minimum atomic E-state index is 0.0241. The number of phenolic OH excluding ortho intramolecular Hbond substituents is 1. The Balaban J connectivity index is 1.86. The molecule has 3 rings (SSSR count). The van der Waals surface area contributed by atoms with Gasteiger partial charge in [0.25, 0.3) is 0 Å². The van der Waals surface area contributed by atoms with Gasteiger partial charge in [-0.3, -0.25) is 5.21 Å². The maximum Gasteiger partial charge on any atom is 0.175 e. The Labute approximate surface area is 142 Å². The van der Waals surface area contributed by atoms with E-state index < -0.39 is 0 Å². The van der Waals surface area contributed by atoms with E-state index >= 15 is 0 Å². The molecule has 1 aliphatic heterocycles. The summed E-state index contributed by atoms with van der Waals surface area (Å²) in [4.78, 5) is 2.20. The molecule has 0 radical (unpaired) electrons. The van der Waals surface area contributed by atoms with Crippen LogP contribution in [0.1, 0.15) is 24.0 Å². The number of aromatic nitrogens is 2. The summed E-state index contributed by atoms with van der Waals surface area (Å²) in [5, 5.41) is 30.3. The quantitative estimate of drug-likeness (QED) is 0.844. The van der Waals surface area contributed by atoms with Gasteiger partial charge in [-0.05, 0) is 69.6 Å². The zero-order chi connectivity index (χ0) is 17.3. The second-order valence-corrected chi connectivity index (χ2v) is 6.66. The monoisotopic (exact) mass is 328 g/mol. The molecule has 1 unspecified atom stereocenters. The van der Waals surface area contributed by atoms with E-state index in [-0.39, 0.29) is 11.8 Å². The van der Waals surface area contributed by atoms with Crippen LogP contribution in [0.4, 0.5) is 5.82 Å². The lowest BCUT2D eigenvalue weighted by molar-refractivity contribution is 0.148. The molecule has 2 heterocycles. The van der Waals surface area contributed by atoms with Crippen LogP contribution < -0.4 is 5.06 Å². The van der Waals surface area contributed by atoms with Crippen molar-refractivity contribution in [3.8, 4) is 17.0 Å². The van der Waals surface area contributed by atoms with Gasteiger partial charge in [-0.15, -0.1) is 10.2 Å². The van der Waals surface area contributed by atoms with Crippen LogP contribution >= 0.6 is 0 Å². The fourth-order valence-electron chi connectivity index (χ4n) is 3.22. The van der Waals surface area contributed by atoms with Gasteiger partial charge < -0.3 is 10.0 Å². The molecule has 6 nitrogen and oxygen atoms in total. The number of aromatic hydroxyl groups is 1. The molecular weight excluding hydrogens is 304 g/mol. The molecule has 1 fully saturated rings. The first-order valence-corrected chi connectivity index (χ1v) is 8.26. The number of nitrogens with zero attached hydrogens (tertiary/aromatic N) is 4. The van der Waals surface area contributed by atoms with Gasteiger partial charge in [0.15, 0.2) is 5.82 Å². The molecule has 1 aliphatic rings. The van der Waals surface area contributed by atoms with Gasteiger partial charge in [0, 0.05) is 12.1 Å². The Morgan fingerprint density at radius 2 is 2.00 bits per heavy atom. The molecule has 2 aromatic rings. The number of phenols is 1. The Kier molecular flexibility index (Phi) is 4.69. The van der Waals surface area contributed by atoms with Crippen LogP contribution in [0.15, 0.2) is 24.3 Å². The van der Waals surface area contributed by atoms with Crippen LogP contribution in [0.5, 0.6) is 5.75 Å². The van der Waals surface area contributed by atoms with Crippen molar-refractivity contribution in [3.05, 3.63) is 35.4 Å². The zero-order valence-electron chi connectivity index (χ0n) is 14.4. The summed E-state index contributed by atoms with van der Waals surface area (Å²) in [6.07, 6.45) is 1.99. The topological polar surface area (TPSA) is 72.7 Å². The highest BCUT2D eigenvalue weighted by Crippen LogP contribution is 2.31. The first-order chi connectivity index (χ1) is 11.5. The van der Waals surface area contributed by atoms with Crippen molar-refractivity contribution in [2.24, 2.45) is 0 Å².